The van der Waals surface area contributed by atoms with Crippen molar-refractivity contribution in [1.29, 1.82) is 0 Å². The van der Waals surface area contributed by atoms with Crippen molar-refractivity contribution in [1.82, 2.24) is 14.7 Å². The van der Waals surface area contributed by atoms with Gasteiger partial charge in [0.1, 0.15) is 0 Å². The Hall–Kier alpha value is -0.870. The van der Waals surface area contributed by atoms with E-state index in [2.05, 4.69) is 17.0 Å². The molecule has 0 saturated heterocycles. The number of aromatic nitrogens is 2. The summed E-state index contributed by atoms with van der Waals surface area (Å²) in [6.45, 7) is 0.927. The third kappa shape index (κ3) is 2.62. The van der Waals surface area contributed by atoms with Crippen molar-refractivity contribution in [2.75, 3.05) is 13.6 Å². The largest absolute Gasteiger partial charge is 0.323 e. The molecule has 1 aromatic heterocycles. The van der Waals surface area contributed by atoms with Gasteiger partial charge in [-0.2, -0.15) is 5.10 Å². The molecule has 1 aromatic rings. The highest BCUT2D eigenvalue weighted by Crippen LogP contribution is 2.23. The molecule has 1 saturated carbocycles. The molecule has 1 fully saturated rings. The minimum absolute atomic E-state index is 0.0827. The molecule has 2 rings (SSSR count). The van der Waals surface area contributed by atoms with Gasteiger partial charge in [-0.3, -0.25) is 4.68 Å². The summed E-state index contributed by atoms with van der Waals surface area (Å²) in [5.41, 5.74) is 7.31. The Morgan fingerprint density at radius 1 is 1.56 bits per heavy atom. The lowest BCUT2D eigenvalue weighted by atomic mass is 10.1. The lowest BCUT2D eigenvalue weighted by Gasteiger charge is -2.26. The number of hydrogen-bond acceptors (Lipinski definition) is 3. The first-order valence-corrected chi connectivity index (χ1v) is 6.11. The number of likely N-dealkylation sites (N-methyl/N-ethyl adjacent to an activating group) is 1. The molecule has 0 aliphatic heterocycles. The highest BCUT2D eigenvalue weighted by molar-refractivity contribution is 5.10. The van der Waals surface area contributed by atoms with Crippen LogP contribution in [0.5, 0.6) is 0 Å². The number of hydrogen-bond donors (Lipinski definition) is 1. The highest BCUT2D eigenvalue weighted by atomic mass is 15.2. The first-order chi connectivity index (χ1) is 7.66. The summed E-state index contributed by atoms with van der Waals surface area (Å²) in [4.78, 5) is 2.41. The van der Waals surface area contributed by atoms with Gasteiger partial charge in [-0.1, -0.05) is 12.8 Å². The van der Waals surface area contributed by atoms with E-state index in [-0.39, 0.29) is 6.04 Å². The Balaban J connectivity index is 1.88. The molecule has 1 aliphatic carbocycles. The minimum Gasteiger partial charge on any atom is -0.323 e. The predicted octanol–water partition coefficient (Wildman–Crippen LogP) is 1.29. The zero-order valence-electron chi connectivity index (χ0n) is 10.3. The van der Waals surface area contributed by atoms with Crippen molar-refractivity contribution in [3.05, 3.63) is 18.0 Å². The number of rotatable bonds is 4. The van der Waals surface area contributed by atoms with Gasteiger partial charge >= 0.3 is 0 Å². The minimum atomic E-state index is 0.0827. The van der Waals surface area contributed by atoms with E-state index in [1.807, 2.05) is 24.1 Å². The molecule has 1 aliphatic rings. The van der Waals surface area contributed by atoms with E-state index in [1.54, 1.807) is 0 Å². The first kappa shape index (κ1) is 11.6. The molecule has 1 heterocycles. The Labute approximate surface area is 97.4 Å². The number of nitrogens with two attached hydrogens (primary N) is 1. The Morgan fingerprint density at radius 3 is 2.81 bits per heavy atom. The van der Waals surface area contributed by atoms with Gasteiger partial charge in [0.2, 0.25) is 0 Å². The molecule has 16 heavy (non-hydrogen) atoms. The maximum absolute atomic E-state index is 6.18. The summed E-state index contributed by atoms with van der Waals surface area (Å²) in [7, 11) is 4.11. The Bertz CT molecular complexity index is 328. The SMILES string of the molecule is CN(CC(N)c1cnn(C)c1)C1CCCC1. The molecule has 0 amide bonds. The molecule has 2 N–H and O–H groups in total. The van der Waals surface area contributed by atoms with E-state index in [0.717, 1.165) is 18.2 Å². The van der Waals surface area contributed by atoms with Crippen molar-refractivity contribution in [3.63, 3.8) is 0 Å². The summed E-state index contributed by atoms with van der Waals surface area (Å²) in [6, 6.07) is 0.821. The zero-order valence-corrected chi connectivity index (χ0v) is 10.3. The average Bonchev–Trinajstić information content (AvgIpc) is 2.87. The van der Waals surface area contributed by atoms with Crippen molar-refractivity contribution >= 4 is 0 Å². The van der Waals surface area contributed by atoms with E-state index in [4.69, 9.17) is 5.73 Å². The lowest BCUT2D eigenvalue weighted by Crippen LogP contribution is -2.35. The van der Waals surface area contributed by atoms with Crippen LogP contribution < -0.4 is 5.73 Å². The maximum Gasteiger partial charge on any atom is 0.0537 e. The molecule has 1 unspecified atom stereocenters. The van der Waals surface area contributed by atoms with E-state index in [1.165, 1.54) is 25.7 Å². The van der Waals surface area contributed by atoms with Gasteiger partial charge in [-0.25, -0.2) is 0 Å². The fourth-order valence-corrected chi connectivity index (χ4v) is 2.54. The first-order valence-electron chi connectivity index (χ1n) is 6.11. The van der Waals surface area contributed by atoms with Gasteiger partial charge in [-0.05, 0) is 19.9 Å². The topological polar surface area (TPSA) is 47.1 Å². The van der Waals surface area contributed by atoms with Crippen LogP contribution in [0.4, 0.5) is 0 Å². The van der Waals surface area contributed by atoms with Gasteiger partial charge in [0.05, 0.1) is 6.20 Å². The second-order valence-electron chi connectivity index (χ2n) is 4.93. The Morgan fingerprint density at radius 2 is 2.25 bits per heavy atom. The van der Waals surface area contributed by atoms with Gasteiger partial charge in [0.15, 0.2) is 0 Å². The summed E-state index contributed by atoms with van der Waals surface area (Å²) in [5, 5.41) is 4.16. The summed E-state index contributed by atoms with van der Waals surface area (Å²) in [6.07, 6.45) is 9.28. The predicted molar refractivity (Wildman–Crippen MR) is 65.0 cm³/mol. The van der Waals surface area contributed by atoms with Crippen LogP contribution in [0.25, 0.3) is 0 Å². The highest BCUT2D eigenvalue weighted by Gasteiger charge is 2.21. The van der Waals surface area contributed by atoms with Crippen LogP contribution in [0, 0.1) is 0 Å². The lowest BCUT2D eigenvalue weighted by molar-refractivity contribution is 0.231. The fraction of sp³-hybridized carbons (Fsp3) is 0.750. The van der Waals surface area contributed by atoms with E-state index < -0.39 is 0 Å². The molecule has 4 nitrogen and oxygen atoms in total. The molecule has 0 spiro atoms. The van der Waals surface area contributed by atoms with E-state index in [0.29, 0.717) is 0 Å². The standard InChI is InChI=1S/C12H22N4/c1-15(11-5-3-4-6-11)9-12(13)10-7-14-16(2)8-10/h7-8,11-12H,3-6,9,13H2,1-2H3. The normalized spacial score (nSPS) is 19.5. The maximum atomic E-state index is 6.18. The van der Waals surface area contributed by atoms with Crippen molar-refractivity contribution in [2.45, 2.75) is 37.8 Å². The zero-order chi connectivity index (χ0) is 11.5. The molecular weight excluding hydrogens is 200 g/mol. The van der Waals surface area contributed by atoms with Crippen LogP contribution in [0.3, 0.4) is 0 Å². The van der Waals surface area contributed by atoms with Crippen LogP contribution in [-0.4, -0.2) is 34.3 Å². The number of aryl methyl sites for hydroxylation is 1. The summed E-state index contributed by atoms with van der Waals surface area (Å²) < 4.78 is 1.81. The Kier molecular flexibility index (Phi) is 3.61. The molecule has 0 radical (unpaired) electrons. The average molecular weight is 222 g/mol. The van der Waals surface area contributed by atoms with Gasteiger partial charge in [0.25, 0.3) is 0 Å². The molecule has 0 bridgehead atoms. The van der Waals surface area contributed by atoms with Crippen molar-refractivity contribution < 1.29 is 0 Å². The quantitative estimate of drug-likeness (QED) is 0.835. The third-order valence-corrected chi connectivity index (χ3v) is 3.59. The van der Waals surface area contributed by atoms with Gasteiger partial charge < -0.3 is 10.6 Å². The van der Waals surface area contributed by atoms with Crippen LogP contribution >= 0.6 is 0 Å². The fourth-order valence-electron chi connectivity index (χ4n) is 2.54. The van der Waals surface area contributed by atoms with Crippen molar-refractivity contribution in [3.8, 4) is 0 Å². The van der Waals surface area contributed by atoms with Crippen LogP contribution in [0.15, 0.2) is 12.4 Å². The third-order valence-electron chi connectivity index (χ3n) is 3.59. The summed E-state index contributed by atoms with van der Waals surface area (Å²) >= 11 is 0. The van der Waals surface area contributed by atoms with Crippen LogP contribution in [-0.2, 0) is 7.05 Å². The van der Waals surface area contributed by atoms with Crippen molar-refractivity contribution in [2.24, 2.45) is 12.8 Å². The molecule has 0 aromatic carbocycles. The van der Waals surface area contributed by atoms with Crippen LogP contribution in [0.1, 0.15) is 37.3 Å². The van der Waals surface area contributed by atoms with Gasteiger partial charge in [0, 0.05) is 37.4 Å². The number of nitrogens with zero attached hydrogens (tertiary/aromatic N) is 3. The molecule has 90 valence electrons. The van der Waals surface area contributed by atoms with Crippen LogP contribution in [0.2, 0.25) is 0 Å². The van der Waals surface area contributed by atoms with E-state index >= 15 is 0 Å². The second kappa shape index (κ2) is 4.97. The molecule has 4 heteroatoms. The molecule has 1 atom stereocenters. The molecular formula is C12H22N4. The van der Waals surface area contributed by atoms with E-state index in [9.17, 15) is 0 Å². The van der Waals surface area contributed by atoms with Gasteiger partial charge in [-0.15, -0.1) is 0 Å². The monoisotopic (exact) mass is 222 g/mol. The summed E-state index contributed by atoms with van der Waals surface area (Å²) in [5.74, 6) is 0. The smallest absolute Gasteiger partial charge is 0.0537 e. The second-order valence-corrected chi connectivity index (χ2v) is 4.93.